The summed E-state index contributed by atoms with van der Waals surface area (Å²) in [5, 5.41) is 16.9. The number of nitrogens with zero attached hydrogens (tertiary/aromatic N) is 4. The highest BCUT2D eigenvalue weighted by Gasteiger charge is 2.29. The number of rotatable bonds is 5. The van der Waals surface area contributed by atoms with Crippen LogP contribution in [0.4, 0.5) is 4.79 Å². The van der Waals surface area contributed by atoms with E-state index in [-0.39, 0.29) is 12.1 Å². The second-order valence-corrected chi connectivity index (χ2v) is 6.59. The van der Waals surface area contributed by atoms with Crippen LogP contribution in [0.1, 0.15) is 20.8 Å². The fourth-order valence-corrected chi connectivity index (χ4v) is 2.84. The maximum atomic E-state index is 12.2. The largest absolute Gasteiger partial charge is 0.389 e. The van der Waals surface area contributed by atoms with Crippen molar-refractivity contribution < 1.29 is 9.90 Å². The summed E-state index contributed by atoms with van der Waals surface area (Å²) in [5.41, 5.74) is -0.700. The van der Waals surface area contributed by atoms with Gasteiger partial charge in [-0.05, 0) is 26.8 Å². The zero-order chi connectivity index (χ0) is 16.2. The fraction of sp³-hybridized carbons (Fsp3) is 0.733. The molecule has 2 rings (SSSR count). The summed E-state index contributed by atoms with van der Waals surface area (Å²) in [6.45, 7) is 9.80. The van der Waals surface area contributed by atoms with Crippen LogP contribution in [0.2, 0.25) is 0 Å². The Bertz CT molecular complexity index is 469. The number of urea groups is 1. The van der Waals surface area contributed by atoms with E-state index in [2.05, 4.69) is 15.3 Å². The van der Waals surface area contributed by atoms with E-state index in [9.17, 15) is 9.90 Å². The molecule has 0 aromatic carbocycles. The molecule has 0 saturated carbocycles. The van der Waals surface area contributed by atoms with Gasteiger partial charge in [-0.15, -0.1) is 0 Å². The van der Waals surface area contributed by atoms with Crippen molar-refractivity contribution in [2.45, 2.75) is 39.0 Å². The van der Waals surface area contributed by atoms with Crippen LogP contribution in [0.3, 0.4) is 0 Å². The molecule has 0 radical (unpaired) electrons. The second kappa shape index (κ2) is 7.11. The highest BCUT2D eigenvalue weighted by Crippen LogP contribution is 2.13. The monoisotopic (exact) mass is 309 g/mol. The smallest absolute Gasteiger partial charge is 0.317 e. The first-order valence-corrected chi connectivity index (χ1v) is 7.82. The lowest BCUT2D eigenvalue weighted by Gasteiger charge is -2.41. The molecule has 2 amide bonds. The van der Waals surface area contributed by atoms with Crippen molar-refractivity contribution in [1.29, 1.82) is 0 Å². The minimum absolute atomic E-state index is 0.0254. The quantitative estimate of drug-likeness (QED) is 0.824. The van der Waals surface area contributed by atoms with Gasteiger partial charge in [-0.3, -0.25) is 9.58 Å². The Kier molecular flexibility index (Phi) is 5.42. The summed E-state index contributed by atoms with van der Waals surface area (Å²) in [4.78, 5) is 16.3. The number of carbonyl (C=O) groups is 1. The van der Waals surface area contributed by atoms with Gasteiger partial charge in [0.05, 0.1) is 12.1 Å². The molecule has 1 atom stereocenters. The van der Waals surface area contributed by atoms with E-state index in [1.165, 1.54) is 0 Å². The predicted octanol–water partition coefficient (Wildman–Crippen LogP) is 0.370. The third-order valence-corrected chi connectivity index (χ3v) is 3.76. The molecule has 0 spiro atoms. The first-order valence-electron chi connectivity index (χ1n) is 7.82. The molecule has 2 heterocycles. The van der Waals surface area contributed by atoms with Crippen LogP contribution in [0.15, 0.2) is 18.5 Å². The van der Waals surface area contributed by atoms with Crippen LogP contribution in [-0.2, 0) is 6.54 Å². The van der Waals surface area contributed by atoms with Crippen LogP contribution in [0.5, 0.6) is 0 Å². The van der Waals surface area contributed by atoms with Gasteiger partial charge in [-0.2, -0.15) is 5.10 Å². The molecule has 0 bridgehead atoms. The first kappa shape index (κ1) is 16.8. The summed E-state index contributed by atoms with van der Waals surface area (Å²) in [6, 6.07) is 1.98. The van der Waals surface area contributed by atoms with Crippen molar-refractivity contribution in [3.05, 3.63) is 18.5 Å². The van der Waals surface area contributed by atoms with E-state index in [0.29, 0.717) is 26.2 Å². The van der Waals surface area contributed by atoms with E-state index in [4.69, 9.17) is 0 Å². The number of amides is 2. The van der Waals surface area contributed by atoms with Gasteiger partial charge in [0.25, 0.3) is 0 Å². The molecule has 0 aliphatic carbocycles. The molecule has 1 aliphatic heterocycles. The maximum absolute atomic E-state index is 12.2. The van der Waals surface area contributed by atoms with Crippen LogP contribution in [0.25, 0.3) is 0 Å². The average Bonchev–Trinajstić information content (AvgIpc) is 2.89. The van der Waals surface area contributed by atoms with E-state index in [0.717, 1.165) is 13.1 Å². The minimum Gasteiger partial charge on any atom is -0.389 e. The van der Waals surface area contributed by atoms with Gasteiger partial charge in [-0.1, -0.05) is 0 Å². The lowest BCUT2D eigenvalue weighted by molar-refractivity contribution is 0.0119. The molecule has 1 aromatic rings. The van der Waals surface area contributed by atoms with Crippen molar-refractivity contribution >= 4 is 6.03 Å². The molecule has 1 saturated heterocycles. The summed E-state index contributed by atoms with van der Waals surface area (Å²) < 4.78 is 1.80. The molecular formula is C15H27N5O2. The molecule has 7 nitrogen and oxygen atoms in total. The molecule has 1 aliphatic rings. The number of hydrogen-bond acceptors (Lipinski definition) is 4. The molecule has 2 N–H and O–H groups in total. The Morgan fingerprint density at radius 2 is 2.23 bits per heavy atom. The molecule has 0 unspecified atom stereocenters. The summed E-state index contributed by atoms with van der Waals surface area (Å²) in [6.07, 6.45) is 3.61. The van der Waals surface area contributed by atoms with E-state index >= 15 is 0 Å². The van der Waals surface area contributed by atoms with Gasteiger partial charge in [0.15, 0.2) is 0 Å². The van der Waals surface area contributed by atoms with Crippen LogP contribution in [0, 0.1) is 0 Å². The van der Waals surface area contributed by atoms with E-state index in [1.54, 1.807) is 10.9 Å². The summed E-state index contributed by atoms with van der Waals surface area (Å²) >= 11 is 0. The molecule has 1 aromatic heterocycles. The Morgan fingerprint density at radius 3 is 2.82 bits per heavy atom. The van der Waals surface area contributed by atoms with Crippen LogP contribution in [-0.4, -0.2) is 75.1 Å². The van der Waals surface area contributed by atoms with Gasteiger partial charge >= 0.3 is 6.03 Å². The van der Waals surface area contributed by atoms with Gasteiger partial charge in [-0.25, -0.2) is 4.79 Å². The van der Waals surface area contributed by atoms with Gasteiger partial charge in [0.2, 0.25) is 0 Å². The predicted molar refractivity (Wildman–Crippen MR) is 84.5 cm³/mol. The van der Waals surface area contributed by atoms with Crippen LogP contribution < -0.4 is 5.32 Å². The highest BCUT2D eigenvalue weighted by molar-refractivity contribution is 5.74. The third kappa shape index (κ3) is 4.99. The van der Waals surface area contributed by atoms with Crippen molar-refractivity contribution in [3.8, 4) is 0 Å². The Morgan fingerprint density at radius 1 is 1.45 bits per heavy atom. The Hall–Kier alpha value is -1.60. The molecule has 1 fully saturated rings. The van der Waals surface area contributed by atoms with Crippen molar-refractivity contribution in [1.82, 2.24) is 24.9 Å². The lowest BCUT2D eigenvalue weighted by Crippen LogP contribution is -2.58. The number of aliphatic hydroxyl groups is 1. The van der Waals surface area contributed by atoms with Gasteiger partial charge in [0.1, 0.15) is 0 Å². The Labute approximate surface area is 131 Å². The zero-order valence-electron chi connectivity index (χ0n) is 13.7. The molecule has 22 heavy (non-hydrogen) atoms. The number of aromatic nitrogens is 2. The number of carbonyl (C=O) groups excluding carboxylic acids is 1. The molecular weight excluding hydrogens is 282 g/mol. The maximum Gasteiger partial charge on any atom is 0.317 e. The van der Waals surface area contributed by atoms with Gasteiger partial charge < -0.3 is 15.3 Å². The first-order chi connectivity index (χ1) is 10.3. The fourth-order valence-electron chi connectivity index (χ4n) is 2.84. The normalized spacial score (nSPS) is 20.2. The minimum atomic E-state index is -0.700. The molecule has 124 valence electrons. The van der Waals surface area contributed by atoms with E-state index < -0.39 is 5.60 Å². The standard InChI is InChI=1S/C15H27N5O2/c1-13-11-18(12-15(2,3)22)9-10-20(13)14(21)16-6-8-19-7-4-5-17-19/h4-5,7,13,22H,6,8-12H2,1-3H3,(H,16,21)/t13-/m0/s1. The summed E-state index contributed by atoms with van der Waals surface area (Å²) in [7, 11) is 0. The third-order valence-electron chi connectivity index (χ3n) is 3.76. The second-order valence-electron chi connectivity index (χ2n) is 6.59. The van der Waals surface area contributed by atoms with E-state index in [1.807, 2.05) is 37.9 Å². The SMILES string of the molecule is C[C@H]1CN(CC(C)(C)O)CCN1C(=O)NCCn1cccn1. The number of β-amino-alcohol motifs (C(OH)–C–C–N with tert-alkyl or cyclic N) is 1. The van der Waals surface area contributed by atoms with Gasteiger partial charge in [0, 0.05) is 51.2 Å². The average molecular weight is 309 g/mol. The lowest BCUT2D eigenvalue weighted by atomic mass is 10.1. The van der Waals surface area contributed by atoms with Crippen molar-refractivity contribution in [3.63, 3.8) is 0 Å². The zero-order valence-corrected chi connectivity index (χ0v) is 13.7. The topological polar surface area (TPSA) is 73.6 Å². The molecule has 7 heteroatoms. The number of nitrogens with one attached hydrogen (secondary N) is 1. The Balaban J connectivity index is 1.74. The van der Waals surface area contributed by atoms with Crippen molar-refractivity contribution in [2.24, 2.45) is 0 Å². The number of piperazine rings is 1. The summed E-state index contributed by atoms with van der Waals surface area (Å²) in [5.74, 6) is 0. The number of hydrogen-bond donors (Lipinski definition) is 2. The highest BCUT2D eigenvalue weighted by atomic mass is 16.3. The van der Waals surface area contributed by atoms with Crippen molar-refractivity contribution in [2.75, 3.05) is 32.7 Å². The van der Waals surface area contributed by atoms with Crippen LogP contribution >= 0.6 is 0 Å².